The van der Waals surface area contributed by atoms with Crippen LogP contribution in [0.4, 0.5) is 0 Å². The topological polar surface area (TPSA) is 82.3 Å². The minimum atomic E-state index is 0.527. The number of aromatic amines is 1. The molecule has 0 unspecified atom stereocenters. The van der Waals surface area contributed by atoms with Crippen molar-refractivity contribution in [3.05, 3.63) is 71.8 Å². The third-order valence-electron chi connectivity index (χ3n) is 4.38. The summed E-state index contributed by atoms with van der Waals surface area (Å²) in [5, 5.41) is 5.32. The van der Waals surface area contributed by atoms with Gasteiger partial charge in [0.15, 0.2) is 5.96 Å². The fourth-order valence-electron chi connectivity index (χ4n) is 2.96. The van der Waals surface area contributed by atoms with Crippen LogP contribution in [0.1, 0.15) is 11.5 Å². The Labute approximate surface area is 173 Å². The molecule has 0 aliphatic rings. The van der Waals surface area contributed by atoms with E-state index in [1.54, 1.807) is 24.6 Å². The number of nitrogens with zero attached hydrogens (tertiary/aromatic N) is 4. The van der Waals surface area contributed by atoms with Crippen molar-refractivity contribution >= 4 is 17.3 Å². The number of rotatable bonds is 6. The van der Waals surface area contributed by atoms with Crippen molar-refractivity contribution < 1.29 is 4.42 Å². The second-order valence-electron chi connectivity index (χ2n) is 6.49. The monoisotopic (exact) mass is 406 g/mol. The third-order valence-corrected chi connectivity index (χ3v) is 5.24. The molecule has 4 rings (SSSR count). The van der Waals surface area contributed by atoms with E-state index in [9.17, 15) is 0 Å². The molecule has 4 aromatic rings. The first-order valence-electron chi connectivity index (χ1n) is 9.22. The number of aromatic nitrogens is 3. The van der Waals surface area contributed by atoms with E-state index in [1.165, 1.54) is 0 Å². The summed E-state index contributed by atoms with van der Waals surface area (Å²) in [5.74, 6) is 2.27. The number of hydrogen-bond donors (Lipinski definition) is 2. The predicted octanol–water partition coefficient (Wildman–Crippen LogP) is 4.00. The van der Waals surface area contributed by atoms with Crippen LogP contribution >= 0.6 is 11.3 Å². The maximum Gasteiger partial charge on any atom is 0.236 e. The van der Waals surface area contributed by atoms with E-state index >= 15 is 0 Å². The molecule has 8 heteroatoms. The van der Waals surface area contributed by atoms with Gasteiger partial charge in [0.05, 0.1) is 35.6 Å². The molecule has 0 spiro atoms. The zero-order valence-corrected chi connectivity index (χ0v) is 17.1. The normalized spacial score (nSPS) is 11.6. The van der Waals surface area contributed by atoms with Gasteiger partial charge in [-0.1, -0.05) is 36.4 Å². The number of thiophene rings is 1. The maximum absolute atomic E-state index is 5.57. The second kappa shape index (κ2) is 8.74. The van der Waals surface area contributed by atoms with Gasteiger partial charge in [0.2, 0.25) is 5.89 Å². The zero-order valence-electron chi connectivity index (χ0n) is 16.3. The molecular formula is C21H22N6OS. The van der Waals surface area contributed by atoms with Gasteiger partial charge in [-0.25, -0.2) is 9.97 Å². The van der Waals surface area contributed by atoms with Crippen LogP contribution in [-0.4, -0.2) is 39.9 Å². The lowest BCUT2D eigenvalue weighted by atomic mass is 10.2. The lowest BCUT2D eigenvalue weighted by Gasteiger charge is -2.20. The Morgan fingerprint density at radius 1 is 1.24 bits per heavy atom. The standard InChI is InChI=1S/C21H22N6OS/c1-22-21(24-11-16-14-28-20(25-16)18-9-6-10-29-18)27(2)13-19-23-12-17(26-19)15-7-4-3-5-8-15/h3-10,12,14H,11,13H2,1-2H3,(H,22,24)(H,23,26). The summed E-state index contributed by atoms with van der Waals surface area (Å²) >= 11 is 1.61. The largest absolute Gasteiger partial charge is 0.443 e. The number of benzene rings is 1. The van der Waals surface area contributed by atoms with Gasteiger partial charge in [-0.3, -0.25) is 4.99 Å². The second-order valence-corrected chi connectivity index (χ2v) is 7.44. The Balaban J connectivity index is 1.35. The van der Waals surface area contributed by atoms with Crippen molar-refractivity contribution in [3.63, 3.8) is 0 Å². The Morgan fingerprint density at radius 3 is 2.86 bits per heavy atom. The van der Waals surface area contributed by atoms with Gasteiger partial charge < -0.3 is 19.6 Å². The average molecular weight is 407 g/mol. The number of aliphatic imine (C=N–C) groups is 1. The lowest BCUT2D eigenvalue weighted by Crippen LogP contribution is -2.38. The van der Waals surface area contributed by atoms with Crippen LogP contribution in [0.2, 0.25) is 0 Å². The first-order valence-corrected chi connectivity index (χ1v) is 10.1. The van der Waals surface area contributed by atoms with Gasteiger partial charge in [0.1, 0.15) is 12.1 Å². The summed E-state index contributed by atoms with van der Waals surface area (Å²) in [7, 11) is 3.73. The Kier molecular flexibility index (Phi) is 5.71. The van der Waals surface area contributed by atoms with Crippen LogP contribution in [-0.2, 0) is 13.1 Å². The van der Waals surface area contributed by atoms with Gasteiger partial charge in [-0.2, -0.15) is 0 Å². The molecular weight excluding hydrogens is 384 g/mol. The molecule has 0 bridgehead atoms. The van der Waals surface area contributed by atoms with Gasteiger partial charge >= 0.3 is 0 Å². The van der Waals surface area contributed by atoms with Crippen molar-refractivity contribution in [3.8, 4) is 22.0 Å². The molecule has 0 saturated carbocycles. The molecule has 1 aromatic carbocycles. The molecule has 2 N–H and O–H groups in total. The summed E-state index contributed by atoms with van der Waals surface area (Å²) in [4.78, 5) is 19.8. The van der Waals surface area contributed by atoms with Crippen molar-refractivity contribution in [1.29, 1.82) is 0 Å². The molecule has 0 aliphatic carbocycles. The summed E-state index contributed by atoms with van der Waals surface area (Å²) in [6.45, 7) is 1.13. The molecule has 3 aromatic heterocycles. The highest BCUT2D eigenvalue weighted by Crippen LogP contribution is 2.23. The number of nitrogens with one attached hydrogen (secondary N) is 2. The molecule has 0 atom stereocenters. The van der Waals surface area contributed by atoms with E-state index in [1.807, 2.05) is 53.9 Å². The van der Waals surface area contributed by atoms with Crippen LogP contribution in [0.3, 0.4) is 0 Å². The van der Waals surface area contributed by atoms with Gasteiger partial charge in [-0.05, 0) is 17.0 Å². The molecule has 0 amide bonds. The minimum Gasteiger partial charge on any atom is -0.443 e. The van der Waals surface area contributed by atoms with E-state index in [0.29, 0.717) is 19.0 Å². The molecule has 0 saturated heterocycles. The first kappa shape index (κ1) is 18.9. The predicted molar refractivity (Wildman–Crippen MR) is 116 cm³/mol. The number of oxazole rings is 1. The Hall–Kier alpha value is -3.39. The lowest BCUT2D eigenvalue weighted by molar-refractivity contribution is 0.463. The summed E-state index contributed by atoms with van der Waals surface area (Å²) in [5.41, 5.74) is 2.94. The highest BCUT2D eigenvalue weighted by Gasteiger charge is 2.12. The average Bonchev–Trinajstić information content (AvgIpc) is 3.50. The fourth-order valence-corrected chi connectivity index (χ4v) is 3.62. The van der Waals surface area contributed by atoms with Gasteiger partial charge in [0, 0.05) is 14.1 Å². The van der Waals surface area contributed by atoms with E-state index < -0.39 is 0 Å². The van der Waals surface area contributed by atoms with Crippen molar-refractivity contribution in [2.75, 3.05) is 14.1 Å². The number of imidazole rings is 1. The quantitative estimate of drug-likeness (QED) is 0.374. The maximum atomic E-state index is 5.57. The minimum absolute atomic E-state index is 0.527. The van der Waals surface area contributed by atoms with Gasteiger partial charge in [0.25, 0.3) is 0 Å². The SMILES string of the molecule is CN=C(NCc1coc(-c2cccs2)n1)N(C)Cc1ncc(-c2ccccc2)[nH]1. The van der Waals surface area contributed by atoms with Crippen LogP contribution < -0.4 is 5.32 Å². The van der Waals surface area contributed by atoms with E-state index in [0.717, 1.165) is 33.6 Å². The highest BCUT2D eigenvalue weighted by atomic mass is 32.1. The van der Waals surface area contributed by atoms with Crippen LogP contribution in [0, 0.1) is 0 Å². The summed E-state index contributed by atoms with van der Waals surface area (Å²) in [6.07, 6.45) is 3.53. The van der Waals surface area contributed by atoms with E-state index in [-0.39, 0.29) is 0 Å². The summed E-state index contributed by atoms with van der Waals surface area (Å²) in [6, 6.07) is 14.1. The molecule has 0 fully saturated rings. The van der Waals surface area contributed by atoms with Crippen molar-refractivity contribution in [2.45, 2.75) is 13.1 Å². The Morgan fingerprint density at radius 2 is 2.10 bits per heavy atom. The smallest absolute Gasteiger partial charge is 0.236 e. The van der Waals surface area contributed by atoms with E-state index in [2.05, 4.69) is 37.4 Å². The van der Waals surface area contributed by atoms with E-state index in [4.69, 9.17) is 4.42 Å². The first-order chi connectivity index (χ1) is 14.2. The van der Waals surface area contributed by atoms with Crippen molar-refractivity contribution in [1.82, 2.24) is 25.2 Å². The van der Waals surface area contributed by atoms with Crippen LogP contribution in [0.15, 0.2) is 69.7 Å². The Bertz CT molecular complexity index is 1070. The molecule has 0 aliphatic heterocycles. The number of hydrogen-bond acceptors (Lipinski definition) is 5. The van der Waals surface area contributed by atoms with Crippen LogP contribution in [0.5, 0.6) is 0 Å². The number of H-pyrrole nitrogens is 1. The van der Waals surface area contributed by atoms with Crippen LogP contribution in [0.25, 0.3) is 22.0 Å². The van der Waals surface area contributed by atoms with Crippen molar-refractivity contribution in [2.24, 2.45) is 4.99 Å². The van der Waals surface area contributed by atoms with Gasteiger partial charge in [-0.15, -0.1) is 11.3 Å². The fraction of sp³-hybridized carbons (Fsp3) is 0.190. The molecule has 148 valence electrons. The zero-order chi connectivity index (χ0) is 20.1. The molecule has 7 nitrogen and oxygen atoms in total. The summed E-state index contributed by atoms with van der Waals surface area (Å²) < 4.78 is 5.57. The molecule has 29 heavy (non-hydrogen) atoms. The highest BCUT2D eigenvalue weighted by molar-refractivity contribution is 7.13. The molecule has 3 heterocycles. The molecule has 0 radical (unpaired) electrons. The third kappa shape index (κ3) is 4.55. The number of guanidine groups is 1.